The summed E-state index contributed by atoms with van der Waals surface area (Å²) in [5.41, 5.74) is 5.74. The highest BCUT2D eigenvalue weighted by Gasteiger charge is 2.15. The second-order valence-corrected chi connectivity index (χ2v) is 8.17. The Kier molecular flexibility index (Phi) is 4.25. The van der Waals surface area contributed by atoms with Gasteiger partial charge in [0, 0.05) is 21.9 Å². The average Bonchev–Trinajstić information content (AvgIpc) is 2.83. The molecule has 146 valence electrons. The molecule has 2 aromatic heterocycles. The molecule has 0 fully saturated rings. The lowest BCUT2D eigenvalue weighted by Gasteiger charge is -2.11. The fraction of sp³-hybridized carbons (Fsp3) is 0. The van der Waals surface area contributed by atoms with Crippen molar-refractivity contribution in [2.45, 2.75) is 0 Å². The lowest BCUT2D eigenvalue weighted by Crippen LogP contribution is -1.95. The SMILES string of the molecule is Brc1nc(-c2cccc3ccccc23)c2ccc3ccc(-c4ccccc4)nc3c2n1. The van der Waals surface area contributed by atoms with Crippen molar-refractivity contribution in [2.24, 2.45) is 0 Å². The van der Waals surface area contributed by atoms with Gasteiger partial charge in [0.1, 0.15) is 5.52 Å². The molecule has 0 saturated heterocycles. The fourth-order valence-electron chi connectivity index (χ4n) is 4.15. The number of aromatic nitrogens is 3. The molecule has 4 aromatic carbocycles. The van der Waals surface area contributed by atoms with Gasteiger partial charge in [-0.1, -0.05) is 84.9 Å². The first-order valence-corrected chi connectivity index (χ1v) is 10.9. The van der Waals surface area contributed by atoms with E-state index in [0.717, 1.165) is 44.3 Å². The molecule has 0 spiro atoms. The first-order chi connectivity index (χ1) is 15.3. The molecule has 0 aliphatic rings. The number of benzene rings is 4. The Bertz CT molecular complexity index is 1590. The molecule has 0 saturated carbocycles. The Morgan fingerprint density at radius 1 is 0.516 bits per heavy atom. The van der Waals surface area contributed by atoms with Gasteiger partial charge in [0.2, 0.25) is 0 Å². The van der Waals surface area contributed by atoms with E-state index in [1.54, 1.807) is 0 Å². The lowest BCUT2D eigenvalue weighted by molar-refractivity contribution is 1.17. The van der Waals surface area contributed by atoms with E-state index >= 15 is 0 Å². The molecule has 0 aliphatic heterocycles. The van der Waals surface area contributed by atoms with Gasteiger partial charge in [-0.3, -0.25) is 0 Å². The third-order valence-corrected chi connectivity index (χ3v) is 5.97. The van der Waals surface area contributed by atoms with Crippen LogP contribution in [-0.4, -0.2) is 15.0 Å². The number of nitrogens with zero attached hydrogens (tertiary/aromatic N) is 3. The number of fused-ring (bicyclic) bond motifs is 4. The van der Waals surface area contributed by atoms with E-state index in [-0.39, 0.29) is 0 Å². The number of pyridine rings is 1. The van der Waals surface area contributed by atoms with Crippen molar-refractivity contribution in [3.05, 3.63) is 102 Å². The molecule has 0 atom stereocenters. The summed E-state index contributed by atoms with van der Waals surface area (Å²) in [7, 11) is 0. The minimum absolute atomic E-state index is 0.558. The van der Waals surface area contributed by atoms with Crippen LogP contribution in [0, 0.1) is 0 Å². The van der Waals surface area contributed by atoms with Crippen LogP contribution in [0.4, 0.5) is 0 Å². The van der Waals surface area contributed by atoms with Gasteiger partial charge in [-0.05, 0) is 38.8 Å². The second-order valence-electron chi connectivity index (χ2n) is 7.46. The predicted octanol–water partition coefficient (Wildman–Crippen LogP) is 7.43. The molecule has 6 rings (SSSR count). The van der Waals surface area contributed by atoms with E-state index in [0.29, 0.717) is 4.73 Å². The van der Waals surface area contributed by atoms with E-state index in [1.807, 2.05) is 18.2 Å². The van der Waals surface area contributed by atoms with Gasteiger partial charge in [0.15, 0.2) is 4.73 Å². The smallest absolute Gasteiger partial charge is 0.197 e. The van der Waals surface area contributed by atoms with E-state index in [1.165, 1.54) is 10.8 Å². The molecule has 0 radical (unpaired) electrons. The topological polar surface area (TPSA) is 38.7 Å². The normalized spacial score (nSPS) is 11.4. The zero-order valence-electron chi connectivity index (χ0n) is 16.5. The number of rotatable bonds is 2. The second kappa shape index (κ2) is 7.25. The number of halogens is 1. The van der Waals surface area contributed by atoms with Gasteiger partial charge in [-0.2, -0.15) is 0 Å². The molecular weight excluding hydrogens is 446 g/mol. The van der Waals surface area contributed by atoms with Crippen LogP contribution in [0.5, 0.6) is 0 Å². The fourth-order valence-corrected chi connectivity index (χ4v) is 4.51. The van der Waals surface area contributed by atoms with E-state index in [9.17, 15) is 0 Å². The van der Waals surface area contributed by atoms with Crippen LogP contribution in [0.3, 0.4) is 0 Å². The van der Waals surface area contributed by atoms with Crippen molar-refractivity contribution >= 4 is 48.5 Å². The summed E-state index contributed by atoms with van der Waals surface area (Å²) in [5.74, 6) is 0. The summed E-state index contributed by atoms with van der Waals surface area (Å²) in [6.07, 6.45) is 0. The molecule has 0 N–H and O–H groups in total. The summed E-state index contributed by atoms with van der Waals surface area (Å²) in [4.78, 5) is 14.5. The monoisotopic (exact) mass is 461 g/mol. The first kappa shape index (κ1) is 18.2. The molecule has 0 aliphatic carbocycles. The third-order valence-electron chi connectivity index (χ3n) is 5.61. The third kappa shape index (κ3) is 3.07. The quantitative estimate of drug-likeness (QED) is 0.198. The van der Waals surface area contributed by atoms with Crippen LogP contribution in [0.15, 0.2) is 102 Å². The summed E-state index contributed by atoms with van der Waals surface area (Å²) in [5, 5.41) is 4.41. The Morgan fingerprint density at radius 3 is 2.19 bits per heavy atom. The maximum absolute atomic E-state index is 5.00. The summed E-state index contributed by atoms with van der Waals surface area (Å²) >= 11 is 3.54. The van der Waals surface area contributed by atoms with Crippen LogP contribution in [0.2, 0.25) is 0 Å². The minimum atomic E-state index is 0.558. The molecule has 3 nitrogen and oxygen atoms in total. The molecule has 6 aromatic rings. The minimum Gasteiger partial charge on any atom is -0.245 e. The zero-order valence-corrected chi connectivity index (χ0v) is 18.0. The van der Waals surface area contributed by atoms with Gasteiger partial charge < -0.3 is 0 Å². The van der Waals surface area contributed by atoms with Crippen LogP contribution in [-0.2, 0) is 0 Å². The van der Waals surface area contributed by atoms with Crippen LogP contribution in [0.1, 0.15) is 0 Å². The van der Waals surface area contributed by atoms with Crippen molar-refractivity contribution in [2.75, 3.05) is 0 Å². The standard InChI is InChI=1S/C27H16BrN3/c28-27-30-25(21-12-6-10-17-7-4-5-11-20(17)21)22-15-13-19-14-16-23(18-8-2-1-3-9-18)29-24(19)26(22)31-27/h1-16H. The molecule has 4 heteroatoms. The summed E-state index contributed by atoms with van der Waals surface area (Å²) in [6, 6.07) is 33.3. The van der Waals surface area contributed by atoms with Crippen molar-refractivity contribution in [3.63, 3.8) is 0 Å². The predicted molar refractivity (Wildman–Crippen MR) is 131 cm³/mol. The molecule has 31 heavy (non-hydrogen) atoms. The highest BCUT2D eigenvalue weighted by atomic mass is 79.9. The van der Waals surface area contributed by atoms with Crippen molar-refractivity contribution in [3.8, 4) is 22.5 Å². The first-order valence-electron chi connectivity index (χ1n) is 10.1. The number of hydrogen-bond acceptors (Lipinski definition) is 3. The van der Waals surface area contributed by atoms with Crippen molar-refractivity contribution in [1.29, 1.82) is 0 Å². The number of hydrogen-bond donors (Lipinski definition) is 0. The largest absolute Gasteiger partial charge is 0.245 e. The molecule has 0 amide bonds. The van der Waals surface area contributed by atoms with Crippen LogP contribution in [0.25, 0.3) is 55.1 Å². The molecule has 2 heterocycles. The van der Waals surface area contributed by atoms with E-state index in [2.05, 4.69) is 94.8 Å². The van der Waals surface area contributed by atoms with Gasteiger partial charge in [0.05, 0.1) is 16.9 Å². The van der Waals surface area contributed by atoms with E-state index in [4.69, 9.17) is 15.0 Å². The molecule has 0 unspecified atom stereocenters. The Labute approximate surface area is 187 Å². The van der Waals surface area contributed by atoms with Crippen LogP contribution >= 0.6 is 15.9 Å². The maximum Gasteiger partial charge on any atom is 0.197 e. The zero-order chi connectivity index (χ0) is 20.8. The Morgan fingerprint density at radius 2 is 1.29 bits per heavy atom. The average molecular weight is 462 g/mol. The van der Waals surface area contributed by atoms with Crippen LogP contribution < -0.4 is 0 Å². The molecular formula is C27H16BrN3. The summed E-state index contributed by atoms with van der Waals surface area (Å²) in [6.45, 7) is 0. The van der Waals surface area contributed by atoms with Gasteiger partial charge in [0.25, 0.3) is 0 Å². The van der Waals surface area contributed by atoms with Crippen molar-refractivity contribution in [1.82, 2.24) is 15.0 Å². The Balaban J connectivity index is 1.68. The van der Waals surface area contributed by atoms with Gasteiger partial charge in [-0.15, -0.1) is 0 Å². The van der Waals surface area contributed by atoms with Gasteiger partial charge >= 0.3 is 0 Å². The highest BCUT2D eigenvalue weighted by Crippen LogP contribution is 2.35. The van der Waals surface area contributed by atoms with E-state index < -0.39 is 0 Å². The molecule has 0 bridgehead atoms. The summed E-state index contributed by atoms with van der Waals surface area (Å²) < 4.78 is 0.558. The lowest BCUT2D eigenvalue weighted by atomic mass is 9.98. The van der Waals surface area contributed by atoms with Gasteiger partial charge in [-0.25, -0.2) is 15.0 Å². The highest BCUT2D eigenvalue weighted by molar-refractivity contribution is 9.10. The Hall–Kier alpha value is -3.63. The maximum atomic E-state index is 5.00. The van der Waals surface area contributed by atoms with Crippen molar-refractivity contribution < 1.29 is 0 Å².